The molecule has 19 heavy (non-hydrogen) atoms. The van der Waals surface area contributed by atoms with E-state index in [1.807, 2.05) is 0 Å². The third kappa shape index (κ3) is 4.27. The number of nitro benzene ring substituents is 1. The Balaban J connectivity index is 3.16. The van der Waals surface area contributed by atoms with Crippen molar-refractivity contribution in [3.05, 3.63) is 33.9 Å². The van der Waals surface area contributed by atoms with Gasteiger partial charge >= 0.3 is 0 Å². The van der Waals surface area contributed by atoms with Crippen LogP contribution in [-0.2, 0) is 21.0 Å². The predicted molar refractivity (Wildman–Crippen MR) is 67.8 cm³/mol. The van der Waals surface area contributed by atoms with Gasteiger partial charge in [0.25, 0.3) is 5.69 Å². The maximum atomic E-state index is 11.4. The van der Waals surface area contributed by atoms with Gasteiger partial charge in [-0.2, -0.15) is 0 Å². The number of hydrogen-bond donors (Lipinski definition) is 1. The molecule has 1 rings (SSSR count). The zero-order valence-electron chi connectivity index (χ0n) is 10.6. The number of aliphatic hydroxyl groups is 1. The molecule has 0 saturated carbocycles. The average Bonchev–Trinajstić information content (AvgIpc) is 2.27. The lowest BCUT2D eigenvalue weighted by Gasteiger charge is -2.10. The molecule has 1 aromatic rings. The first-order valence-electron chi connectivity index (χ1n) is 5.40. The highest BCUT2D eigenvalue weighted by Gasteiger charge is 2.20. The number of aliphatic hydroxyl groups excluding tert-OH is 1. The van der Waals surface area contributed by atoms with Crippen LogP contribution in [0.4, 0.5) is 5.69 Å². The quantitative estimate of drug-likeness (QED) is 0.605. The Morgan fingerprint density at radius 3 is 2.58 bits per heavy atom. The number of methoxy groups -OCH3 is 1. The molecule has 0 bridgehead atoms. The van der Waals surface area contributed by atoms with Gasteiger partial charge in [-0.1, -0.05) is 6.07 Å². The predicted octanol–water partition coefficient (Wildman–Crippen LogP) is 0.548. The van der Waals surface area contributed by atoms with Crippen molar-refractivity contribution >= 4 is 15.5 Å². The standard InChI is InChI=1S/C11H15NO6S/c1-18-7-9(13)5-8-3-4-10(19(2,16)17)6-11(8)12(14)15/h3-4,6,9,13H,5,7H2,1-2H3. The van der Waals surface area contributed by atoms with E-state index < -0.39 is 20.9 Å². The van der Waals surface area contributed by atoms with Gasteiger partial charge in [-0.25, -0.2) is 8.42 Å². The van der Waals surface area contributed by atoms with E-state index in [9.17, 15) is 23.6 Å². The van der Waals surface area contributed by atoms with E-state index in [1.54, 1.807) is 0 Å². The lowest BCUT2D eigenvalue weighted by Crippen LogP contribution is -2.17. The van der Waals surface area contributed by atoms with Gasteiger partial charge in [-0.15, -0.1) is 0 Å². The van der Waals surface area contributed by atoms with Crippen LogP contribution in [0.2, 0.25) is 0 Å². The van der Waals surface area contributed by atoms with E-state index in [2.05, 4.69) is 0 Å². The molecule has 0 aliphatic rings. The Morgan fingerprint density at radius 2 is 2.11 bits per heavy atom. The van der Waals surface area contributed by atoms with Gasteiger partial charge < -0.3 is 9.84 Å². The monoisotopic (exact) mass is 289 g/mol. The second-order valence-electron chi connectivity index (χ2n) is 4.13. The van der Waals surface area contributed by atoms with Crippen molar-refractivity contribution in [3.8, 4) is 0 Å². The van der Waals surface area contributed by atoms with Crippen LogP contribution in [-0.4, -0.2) is 44.5 Å². The third-order valence-corrected chi connectivity index (χ3v) is 3.61. The molecule has 1 unspecified atom stereocenters. The van der Waals surface area contributed by atoms with E-state index >= 15 is 0 Å². The van der Waals surface area contributed by atoms with Gasteiger partial charge in [0.1, 0.15) is 0 Å². The van der Waals surface area contributed by atoms with Gasteiger partial charge in [0.15, 0.2) is 9.84 Å². The molecule has 0 heterocycles. The molecule has 8 heteroatoms. The van der Waals surface area contributed by atoms with Crippen molar-refractivity contribution in [2.24, 2.45) is 0 Å². The number of sulfone groups is 1. The molecule has 1 atom stereocenters. The highest BCUT2D eigenvalue weighted by molar-refractivity contribution is 7.90. The number of nitrogens with zero attached hydrogens (tertiary/aromatic N) is 1. The Morgan fingerprint density at radius 1 is 1.47 bits per heavy atom. The summed E-state index contributed by atoms with van der Waals surface area (Å²) in [5, 5.41) is 20.5. The minimum atomic E-state index is -3.51. The molecule has 0 aliphatic heterocycles. The van der Waals surface area contributed by atoms with Crippen molar-refractivity contribution in [2.75, 3.05) is 20.0 Å². The third-order valence-electron chi connectivity index (χ3n) is 2.50. The Kier molecular flexibility index (Phi) is 4.98. The minimum Gasteiger partial charge on any atom is -0.390 e. The fourth-order valence-corrected chi connectivity index (χ4v) is 2.26. The number of nitro groups is 1. The van der Waals surface area contributed by atoms with Crippen LogP contribution in [0.1, 0.15) is 5.56 Å². The SMILES string of the molecule is COCC(O)Cc1ccc(S(C)(=O)=O)cc1[N+](=O)[O-]. The van der Waals surface area contributed by atoms with Gasteiger partial charge in [-0.3, -0.25) is 10.1 Å². The van der Waals surface area contributed by atoms with Gasteiger partial charge in [0, 0.05) is 31.4 Å². The largest absolute Gasteiger partial charge is 0.390 e. The Hall–Kier alpha value is -1.51. The van der Waals surface area contributed by atoms with Crippen LogP contribution >= 0.6 is 0 Å². The van der Waals surface area contributed by atoms with Crippen molar-refractivity contribution in [3.63, 3.8) is 0 Å². The summed E-state index contributed by atoms with van der Waals surface area (Å²) < 4.78 is 27.4. The molecule has 1 N–H and O–H groups in total. The van der Waals surface area contributed by atoms with Crippen LogP contribution in [0.5, 0.6) is 0 Å². The first-order chi connectivity index (χ1) is 8.75. The number of hydrogen-bond acceptors (Lipinski definition) is 6. The fraction of sp³-hybridized carbons (Fsp3) is 0.455. The van der Waals surface area contributed by atoms with Crippen molar-refractivity contribution in [1.82, 2.24) is 0 Å². The highest BCUT2D eigenvalue weighted by Crippen LogP contribution is 2.24. The normalized spacial score (nSPS) is 13.2. The molecular weight excluding hydrogens is 274 g/mol. The Labute approximate surface area is 110 Å². The number of ether oxygens (including phenoxy) is 1. The Bertz CT molecular complexity index is 569. The molecule has 0 aliphatic carbocycles. The molecule has 0 radical (unpaired) electrons. The summed E-state index contributed by atoms with van der Waals surface area (Å²) in [6.45, 7) is 0.0466. The molecule has 1 aromatic carbocycles. The summed E-state index contributed by atoms with van der Waals surface area (Å²) >= 11 is 0. The maximum absolute atomic E-state index is 11.4. The molecule has 0 amide bonds. The number of rotatable bonds is 6. The zero-order valence-corrected chi connectivity index (χ0v) is 11.4. The summed E-state index contributed by atoms with van der Waals surface area (Å²) in [5.74, 6) is 0. The summed E-state index contributed by atoms with van der Waals surface area (Å²) in [7, 11) is -2.10. The molecular formula is C11H15NO6S. The van der Waals surface area contributed by atoms with Crippen molar-refractivity contribution in [2.45, 2.75) is 17.4 Å². The summed E-state index contributed by atoms with van der Waals surface area (Å²) in [4.78, 5) is 10.2. The summed E-state index contributed by atoms with van der Waals surface area (Å²) in [6, 6.07) is 3.63. The van der Waals surface area contributed by atoms with E-state index in [4.69, 9.17) is 4.74 Å². The summed E-state index contributed by atoms with van der Waals surface area (Å²) in [5.41, 5.74) is -0.0555. The van der Waals surface area contributed by atoms with E-state index in [-0.39, 0.29) is 29.2 Å². The van der Waals surface area contributed by atoms with Crippen molar-refractivity contribution in [1.29, 1.82) is 0 Å². The van der Waals surface area contributed by atoms with Gasteiger partial charge in [0.2, 0.25) is 0 Å². The van der Waals surface area contributed by atoms with Crippen molar-refractivity contribution < 1.29 is 23.2 Å². The lowest BCUT2D eigenvalue weighted by molar-refractivity contribution is -0.385. The second-order valence-corrected chi connectivity index (χ2v) is 6.15. The number of benzene rings is 1. The van der Waals surface area contributed by atoms with Crippen LogP contribution in [0.3, 0.4) is 0 Å². The lowest BCUT2D eigenvalue weighted by atomic mass is 10.1. The zero-order chi connectivity index (χ0) is 14.6. The van der Waals surface area contributed by atoms with Gasteiger partial charge in [-0.05, 0) is 6.07 Å². The minimum absolute atomic E-state index is 0.0220. The summed E-state index contributed by atoms with van der Waals surface area (Å²) in [6.07, 6.45) is 0.118. The topological polar surface area (TPSA) is 107 Å². The second kappa shape index (κ2) is 6.09. The highest BCUT2D eigenvalue weighted by atomic mass is 32.2. The molecule has 0 fully saturated rings. The smallest absolute Gasteiger partial charge is 0.273 e. The van der Waals surface area contributed by atoms with E-state index in [0.29, 0.717) is 0 Å². The molecule has 0 saturated heterocycles. The first kappa shape index (κ1) is 15.5. The first-order valence-corrected chi connectivity index (χ1v) is 7.29. The average molecular weight is 289 g/mol. The van der Waals surface area contributed by atoms with Crippen LogP contribution in [0, 0.1) is 10.1 Å². The van der Waals surface area contributed by atoms with Crippen LogP contribution < -0.4 is 0 Å². The molecule has 0 spiro atoms. The van der Waals surface area contributed by atoms with Gasteiger partial charge in [0.05, 0.1) is 22.5 Å². The molecule has 106 valence electrons. The van der Waals surface area contributed by atoms with E-state index in [0.717, 1.165) is 12.3 Å². The maximum Gasteiger partial charge on any atom is 0.273 e. The van der Waals surface area contributed by atoms with Crippen LogP contribution in [0.25, 0.3) is 0 Å². The molecule has 7 nitrogen and oxygen atoms in total. The fourth-order valence-electron chi connectivity index (χ4n) is 1.62. The molecule has 0 aromatic heterocycles. The van der Waals surface area contributed by atoms with Crippen LogP contribution in [0.15, 0.2) is 23.1 Å². The van der Waals surface area contributed by atoms with E-state index in [1.165, 1.54) is 19.2 Å².